The van der Waals surface area contributed by atoms with Crippen molar-refractivity contribution in [3.8, 4) is 0 Å². The zero-order chi connectivity index (χ0) is 18.9. The van der Waals surface area contributed by atoms with Crippen LogP contribution in [0.2, 0.25) is 5.02 Å². The number of methoxy groups -OCH3 is 1. The third kappa shape index (κ3) is 9.97. The maximum atomic E-state index is 12.3. The molecule has 0 heterocycles. The van der Waals surface area contributed by atoms with Gasteiger partial charge >= 0.3 is 0 Å². The van der Waals surface area contributed by atoms with Gasteiger partial charge in [-0.1, -0.05) is 32.4 Å². The molecule has 0 aliphatic rings. The van der Waals surface area contributed by atoms with Crippen LogP contribution in [-0.4, -0.2) is 45.2 Å². The van der Waals surface area contributed by atoms with Crippen LogP contribution in [0.1, 0.15) is 37.6 Å². The summed E-state index contributed by atoms with van der Waals surface area (Å²) in [4.78, 5) is 24.3. The minimum atomic E-state index is -0.273. The van der Waals surface area contributed by atoms with E-state index in [1.807, 2.05) is 20.8 Å². The normalized spacial score (nSPS) is 10.8. The lowest BCUT2D eigenvalue weighted by molar-refractivity contribution is -0.117. The summed E-state index contributed by atoms with van der Waals surface area (Å²) in [7, 11) is 1.64. The van der Waals surface area contributed by atoms with Gasteiger partial charge in [0.2, 0.25) is 5.91 Å². The fourth-order valence-corrected chi connectivity index (χ4v) is 2.33. The number of carbonyl (C=O) groups excluding carboxylic acids is 2. The number of rotatable bonds is 9. The molecular formula is C18H29Cl2N3O3. The maximum absolute atomic E-state index is 12.3. The van der Waals surface area contributed by atoms with E-state index in [0.29, 0.717) is 42.4 Å². The maximum Gasteiger partial charge on any atom is 0.252 e. The number of benzene rings is 1. The number of ether oxygens (including phenoxy) is 1. The summed E-state index contributed by atoms with van der Waals surface area (Å²) in [6.45, 7) is 8.43. The number of hydrogen-bond acceptors (Lipinski definition) is 4. The zero-order valence-corrected chi connectivity index (χ0v) is 17.4. The molecule has 148 valence electrons. The van der Waals surface area contributed by atoms with E-state index < -0.39 is 0 Å². The first kappa shape index (κ1) is 24.7. The molecule has 0 aromatic heterocycles. The molecule has 0 radical (unpaired) electrons. The summed E-state index contributed by atoms with van der Waals surface area (Å²) >= 11 is 6.11. The predicted molar refractivity (Wildman–Crippen MR) is 108 cm³/mol. The van der Waals surface area contributed by atoms with Gasteiger partial charge in [-0.3, -0.25) is 9.59 Å². The highest BCUT2D eigenvalue weighted by Crippen LogP contribution is 2.23. The van der Waals surface area contributed by atoms with Crippen molar-refractivity contribution in [2.75, 3.05) is 38.7 Å². The molecule has 0 aliphatic heterocycles. The average Bonchev–Trinajstić information content (AvgIpc) is 2.50. The van der Waals surface area contributed by atoms with Crippen LogP contribution in [0.25, 0.3) is 0 Å². The van der Waals surface area contributed by atoms with Gasteiger partial charge in [-0.05, 0) is 23.6 Å². The first-order valence-corrected chi connectivity index (χ1v) is 8.68. The second-order valence-corrected chi connectivity index (χ2v) is 7.39. The van der Waals surface area contributed by atoms with Gasteiger partial charge in [-0.2, -0.15) is 0 Å². The highest BCUT2D eigenvalue weighted by atomic mass is 35.5. The minimum Gasteiger partial charge on any atom is -0.383 e. The first-order chi connectivity index (χ1) is 11.7. The van der Waals surface area contributed by atoms with Crippen molar-refractivity contribution in [1.82, 2.24) is 10.6 Å². The standard InChI is InChI=1S/C18H28ClN3O3.ClH/c1-18(2,3)12-16(23)22-13-5-6-15(19)14(11-13)17(24)21-8-7-20-9-10-25-4;/h5-6,11,20H,7-10,12H2,1-4H3,(H,21,24)(H,22,23);1H. The molecule has 0 bridgehead atoms. The summed E-state index contributed by atoms with van der Waals surface area (Å²) in [6.07, 6.45) is 0.393. The van der Waals surface area contributed by atoms with Crippen LogP contribution in [0.15, 0.2) is 18.2 Å². The molecule has 1 rings (SSSR count). The highest BCUT2D eigenvalue weighted by molar-refractivity contribution is 6.34. The highest BCUT2D eigenvalue weighted by Gasteiger charge is 2.17. The summed E-state index contributed by atoms with van der Waals surface area (Å²) < 4.78 is 4.93. The van der Waals surface area contributed by atoms with Crippen LogP contribution < -0.4 is 16.0 Å². The number of halogens is 2. The Balaban J connectivity index is 0.00000625. The molecule has 26 heavy (non-hydrogen) atoms. The van der Waals surface area contributed by atoms with Crippen molar-refractivity contribution < 1.29 is 14.3 Å². The quantitative estimate of drug-likeness (QED) is 0.551. The monoisotopic (exact) mass is 405 g/mol. The van der Waals surface area contributed by atoms with E-state index in [2.05, 4.69) is 16.0 Å². The lowest BCUT2D eigenvalue weighted by Crippen LogP contribution is -2.33. The molecule has 0 fully saturated rings. The molecule has 0 spiro atoms. The van der Waals surface area contributed by atoms with Crippen LogP contribution in [0.3, 0.4) is 0 Å². The van der Waals surface area contributed by atoms with Gasteiger partial charge in [0.05, 0.1) is 17.2 Å². The molecule has 2 amide bonds. The molecule has 6 nitrogen and oxygen atoms in total. The van der Waals surface area contributed by atoms with E-state index >= 15 is 0 Å². The van der Waals surface area contributed by atoms with Crippen molar-refractivity contribution in [2.45, 2.75) is 27.2 Å². The SMILES string of the molecule is COCCNCCNC(=O)c1cc(NC(=O)CC(C)(C)C)ccc1Cl.Cl. The number of hydrogen-bond donors (Lipinski definition) is 3. The van der Waals surface area contributed by atoms with Crippen molar-refractivity contribution in [2.24, 2.45) is 5.41 Å². The molecule has 0 saturated carbocycles. The van der Waals surface area contributed by atoms with Crippen LogP contribution in [0.5, 0.6) is 0 Å². The van der Waals surface area contributed by atoms with Crippen molar-refractivity contribution in [3.63, 3.8) is 0 Å². The zero-order valence-electron chi connectivity index (χ0n) is 15.8. The number of anilines is 1. The van der Waals surface area contributed by atoms with Gasteiger partial charge in [0.15, 0.2) is 0 Å². The van der Waals surface area contributed by atoms with Crippen LogP contribution in [0.4, 0.5) is 5.69 Å². The lowest BCUT2D eigenvalue weighted by Gasteiger charge is -2.17. The Hall–Kier alpha value is -1.34. The van der Waals surface area contributed by atoms with Gasteiger partial charge in [0.1, 0.15) is 0 Å². The molecule has 1 aromatic rings. The average molecular weight is 406 g/mol. The Morgan fingerprint density at radius 3 is 2.46 bits per heavy atom. The fraction of sp³-hybridized carbons (Fsp3) is 0.556. The third-order valence-corrected chi connectivity index (χ3v) is 3.59. The number of amides is 2. The summed E-state index contributed by atoms with van der Waals surface area (Å²) in [5.41, 5.74) is 0.793. The second-order valence-electron chi connectivity index (χ2n) is 6.98. The van der Waals surface area contributed by atoms with Crippen LogP contribution >= 0.6 is 24.0 Å². The number of carbonyl (C=O) groups is 2. The van der Waals surface area contributed by atoms with Crippen LogP contribution in [0, 0.1) is 5.41 Å². The summed E-state index contributed by atoms with van der Waals surface area (Å²) in [5.74, 6) is -0.367. The van der Waals surface area contributed by atoms with Gasteiger partial charge in [-0.25, -0.2) is 0 Å². The Bertz CT molecular complexity index is 590. The van der Waals surface area contributed by atoms with E-state index in [0.717, 1.165) is 6.54 Å². The molecule has 0 atom stereocenters. The van der Waals surface area contributed by atoms with Crippen molar-refractivity contribution in [1.29, 1.82) is 0 Å². The molecule has 0 unspecified atom stereocenters. The molecule has 3 N–H and O–H groups in total. The van der Waals surface area contributed by atoms with E-state index in [1.54, 1.807) is 25.3 Å². The predicted octanol–water partition coefficient (Wildman–Crippen LogP) is 3.10. The van der Waals surface area contributed by atoms with Gasteiger partial charge in [0, 0.05) is 38.9 Å². The van der Waals surface area contributed by atoms with Crippen LogP contribution in [-0.2, 0) is 9.53 Å². The molecule has 0 saturated heterocycles. The Morgan fingerprint density at radius 2 is 1.85 bits per heavy atom. The largest absolute Gasteiger partial charge is 0.383 e. The third-order valence-electron chi connectivity index (χ3n) is 3.26. The number of nitrogens with one attached hydrogen (secondary N) is 3. The molecule has 0 aliphatic carbocycles. The topological polar surface area (TPSA) is 79.5 Å². The van der Waals surface area contributed by atoms with E-state index in [-0.39, 0.29) is 29.6 Å². The summed E-state index contributed by atoms with van der Waals surface area (Å²) in [6, 6.07) is 4.89. The first-order valence-electron chi connectivity index (χ1n) is 8.30. The summed E-state index contributed by atoms with van der Waals surface area (Å²) in [5, 5.41) is 9.09. The van der Waals surface area contributed by atoms with Crippen molar-refractivity contribution in [3.05, 3.63) is 28.8 Å². The Kier molecular flexibility index (Phi) is 11.5. The fourth-order valence-electron chi connectivity index (χ4n) is 2.12. The van der Waals surface area contributed by atoms with Gasteiger partial charge < -0.3 is 20.7 Å². The Labute approximate surface area is 166 Å². The van der Waals surface area contributed by atoms with Gasteiger partial charge in [-0.15, -0.1) is 12.4 Å². The van der Waals surface area contributed by atoms with E-state index in [9.17, 15) is 9.59 Å². The molecular weight excluding hydrogens is 377 g/mol. The molecule has 1 aromatic carbocycles. The minimum absolute atomic E-state index is 0. The van der Waals surface area contributed by atoms with Gasteiger partial charge in [0.25, 0.3) is 5.91 Å². The smallest absolute Gasteiger partial charge is 0.252 e. The lowest BCUT2D eigenvalue weighted by atomic mass is 9.92. The van der Waals surface area contributed by atoms with Crippen molar-refractivity contribution >= 4 is 41.5 Å². The second kappa shape index (κ2) is 12.1. The Morgan fingerprint density at radius 1 is 1.15 bits per heavy atom. The van der Waals surface area contributed by atoms with E-state index in [1.165, 1.54) is 0 Å². The van der Waals surface area contributed by atoms with E-state index in [4.69, 9.17) is 16.3 Å². The molecule has 8 heteroatoms.